The van der Waals surface area contributed by atoms with Crippen molar-refractivity contribution >= 4 is 17.7 Å². The number of hydrogen-bond donors (Lipinski definition) is 1. The lowest BCUT2D eigenvalue weighted by Crippen LogP contribution is -2.62. The van der Waals surface area contributed by atoms with Crippen LogP contribution in [0.1, 0.15) is 35.7 Å². The number of carbonyl (C=O) groups excluding carboxylic acids is 1. The van der Waals surface area contributed by atoms with Crippen molar-refractivity contribution in [2.45, 2.75) is 47.9 Å². The van der Waals surface area contributed by atoms with Gasteiger partial charge in [0.1, 0.15) is 5.03 Å². The van der Waals surface area contributed by atoms with E-state index in [0.717, 1.165) is 60.9 Å². The molecule has 0 aliphatic carbocycles. The van der Waals surface area contributed by atoms with Crippen LogP contribution in [0.25, 0.3) is 0 Å². The molecular weight excluding hydrogens is 399 g/mol. The van der Waals surface area contributed by atoms with E-state index in [1.807, 2.05) is 0 Å². The molecule has 0 spiro atoms. The molecule has 3 saturated heterocycles. The molecule has 29 heavy (non-hydrogen) atoms. The molecule has 1 aromatic heterocycles. The van der Waals surface area contributed by atoms with Gasteiger partial charge in [-0.25, -0.2) is 4.98 Å². The lowest BCUT2D eigenvalue weighted by Gasteiger charge is -2.49. The molecule has 2 atom stereocenters. The highest BCUT2D eigenvalue weighted by Crippen LogP contribution is 2.34. The van der Waals surface area contributed by atoms with E-state index in [1.165, 1.54) is 0 Å². The Morgan fingerprint density at radius 2 is 1.86 bits per heavy atom. The number of fused-ring (bicyclic) bond motifs is 3. The summed E-state index contributed by atoms with van der Waals surface area (Å²) < 4.78 is 38.5. The number of benzene rings is 1. The molecule has 4 nitrogen and oxygen atoms in total. The molecule has 2 bridgehead atoms. The average molecular weight is 421 g/mol. The lowest BCUT2D eigenvalue weighted by molar-refractivity contribution is -0.137. The van der Waals surface area contributed by atoms with Crippen LogP contribution in [0.15, 0.2) is 52.5 Å². The number of carbonyl (C=O) groups is 1. The predicted octanol–water partition coefficient (Wildman–Crippen LogP) is 4.46. The standard InChI is InChI=1S/C21H22F3N3OS/c1-13-19(14-7-10-27(13)11-8-14)26-20(28)15-2-4-17(5-3-15)29-18-12-16(6-9-25-18)21(22,23)24/h2-6,9,12-14,19H,7-8,10-11H2,1H3,(H,26,28). The third kappa shape index (κ3) is 4.43. The van der Waals surface area contributed by atoms with E-state index in [-0.39, 0.29) is 17.0 Å². The third-order valence-electron chi connectivity index (χ3n) is 5.88. The van der Waals surface area contributed by atoms with Crippen LogP contribution in [0.4, 0.5) is 13.2 Å². The van der Waals surface area contributed by atoms with Gasteiger partial charge in [0.15, 0.2) is 0 Å². The van der Waals surface area contributed by atoms with Crippen LogP contribution in [-0.4, -0.2) is 41.0 Å². The highest BCUT2D eigenvalue weighted by molar-refractivity contribution is 7.99. The zero-order valence-corrected chi connectivity index (χ0v) is 16.8. The van der Waals surface area contributed by atoms with Crippen molar-refractivity contribution in [1.82, 2.24) is 15.2 Å². The molecule has 3 fully saturated rings. The topological polar surface area (TPSA) is 45.2 Å². The van der Waals surface area contributed by atoms with Crippen molar-refractivity contribution in [2.75, 3.05) is 13.1 Å². The molecule has 0 saturated carbocycles. The van der Waals surface area contributed by atoms with Gasteiger partial charge in [-0.15, -0.1) is 0 Å². The number of pyridine rings is 1. The molecule has 2 unspecified atom stereocenters. The summed E-state index contributed by atoms with van der Waals surface area (Å²) in [7, 11) is 0. The van der Waals surface area contributed by atoms with Gasteiger partial charge in [-0.2, -0.15) is 13.2 Å². The van der Waals surface area contributed by atoms with Gasteiger partial charge < -0.3 is 5.32 Å². The van der Waals surface area contributed by atoms with E-state index < -0.39 is 11.7 Å². The van der Waals surface area contributed by atoms with Crippen LogP contribution in [0.2, 0.25) is 0 Å². The SMILES string of the molecule is CC1C(NC(=O)c2ccc(Sc3cc(C(F)(F)F)ccn3)cc2)C2CCN1CC2. The molecule has 1 amide bonds. The Bertz CT molecular complexity index is 877. The Kier molecular flexibility index (Phi) is 5.57. The summed E-state index contributed by atoms with van der Waals surface area (Å²) in [5.41, 5.74) is -0.173. The van der Waals surface area contributed by atoms with Gasteiger partial charge >= 0.3 is 6.18 Å². The largest absolute Gasteiger partial charge is 0.416 e. The number of nitrogens with one attached hydrogen (secondary N) is 1. The van der Waals surface area contributed by atoms with Crippen molar-refractivity contribution in [3.8, 4) is 0 Å². The third-order valence-corrected chi connectivity index (χ3v) is 6.82. The summed E-state index contributed by atoms with van der Waals surface area (Å²) >= 11 is 1.13. The van der Waals surface area contributed by atoms with E-state index >= 15 is 0 Å². The first kappa shape index (κ1) is 20.2. The number of alkyl halides is 3. The Morgan fingerprint density at radius 1 is 1.17 bits per heavy atom. The summed E-state index contributed by atoms with van der Waals surface area (Å²) in [6.45, 7) is 4.37. The molecule has 3 aliphatic rings. The predicted molar refractivity (Wildman–Crippen MR) is 105 cm³/mol. The average Bonchev–Trinajstić information content (AvgIpc) is 2.71. The van der Waals surface area contributed by atoms with E-state index in [9.17, 15) is 18.0 Å². The molecule has 8 heteroatoms. The summed E-state index contributed by atoms with van der Waals surface area (Å²) in [6.07, 6.45) is -1.00. The Morgan fingerprint density at radius 3 is 2.48 bits per heavy atom. The van der Waals surface area contributed by atoms with Gasteiger partial charge in [0.05, 0.1) is 5.56 Å². The quantitative estimate of drug-likeness (QED) is 0.792. The molecule has 3 aliphatic heterocycles. The van der Waals surface area contributed by atoms with Crippen LogP contribution in [0.5, 0.6) is 0 Å². The number of hydrogen-bond acceptors (Lipinski definition) is 4. The lowest BCUT2D eigenvalue weighted by atomic mass is 9.79. The van der Waals surface area contributed by atoms with Crippen molar-refractivity contribution in [2.24, 2.45) is 5.92 Å². The summed E-state index contributed by atoms with van der Waals surface area (Å²) in [6, 6.07) is 9.37. The second-order valence-electron chi connectivity index (χ2n) is 7.62. The zero-order chi connectivity index (χ0) is 20.6. The highest BCUT2D eigenvalue weighted by Gasteiger charge is 2.40. The van der Waals surface area contributed by atoms with E-state index in [1.54, 1.807) is 24.3 Å². The van der Waals surface area contributed by atoms with Crippen LogP contribution in [0, 0.1) is 5.92 Å². The maximum atomic E-state index is 12.8. The van der Waals surface area contributed by atoms with Crippen LogP contribution >= 0.6 is 11.8 Å². The van der Waals surface area contributed by atoms with Crippen LogP contribution in [0.3, 0.4) is 0 Å². The van der Waals surface area contributed by atoms with E-state index in [2.05, 4.69) is 22.1 Å². The van der Waals surface area contributed by atoms with Gasteiger partial charge in [-0.05, 0) is 75.2 Å². The summed E-state index contributed by atoms with van der Waals surface area (Å²) in [4.78, 5) is 19.8. The zero-order valence-electron chi connectivity index (χ0n) is 15.9. The van der Waals surface area contributed by atoms with E-state index in [4.69, 9.17) is 0 Å². The number of aromatic nitrogens is 1. The minimum atomic E-state index is -4.40. The number of piperidine rings is 3. The number of rotatable bonds is 4. The first-order chi connectivity index (χ1) is 13.8. The van der Waals surface area contributed by atoms with Gasteiger partial charge in [-0.1, -0.05) is 11.8 Å². The Balaban J connectivity index is 1.41. The van der Waals surface area contributed by atoms with E-state index in [0.29, 0.717) is 17.5 Å². The maximum absolute atomic E-state index is 12.8. The minimum Gasteiger partial charge on any atom is -0.347 e. The molecule has 1 aromatic carbocycles. The molecule has 0 radical (unpaired) electrons. The molecule has 1 N–H and O–H groups in total. The van der Waals surface area contributed by atoms with Crippen molar-refractivity contribution in [3.63, 3.8) is 0 Å². The number of amides is 1. The van der Waals surface area contributed by atoms with Crippen molar-refractivity contribution in [1.29, 1.82) is 0 Å². The molecule has 4 heterocycles. The first-order valence-corrected chi connectivity index (χ1v) is 10.5. The fourth-order valence-corrected chi connectivity index (χ4v) is 5.03. The maximum Gasteiger partial charge on any atom is 0.416 e. The van der Waals surface area contributed by atoms with Gasteiger partial charge in [-0.3, -0.25) is 9.69 Å². The second kappa shape index (κ2) is 7.99. The number of nitrogens with zero attached hydrogens (tertiary/aromatic N) is 2. The number of halogens is 3. The second-order valence-corrected chi connectivity index (χ2v) is 8.71. The summed E-state index contributed by atoms with van der Waals surface area (Å²) in [5, 5.41) is 3.45. The molecule has 154 valence electrons. The monoisotopic (exact) mass is 421 g/mol. The molecule has 5 rings (SSSR count). The fourth-order valence-electron chi connectivity index (χ4n) is 4.22. The van der Waals surface area contributed by atoms with Gasteiger partial charge in [0.25, 0.3) is 5.91 Å². The molecular formula is C21H22F3N3OS. The van der Waals surface area contributed by atoms with Crippen molar-refractivity contribution in [3.05, 3.63) is 53.7 Å². The first-order valence-electron chi connectivity index (χ1n) is 9.67. The normalized spacial score (nSPS) is 26.3. The van der Waals surface area contributed by atoms with Crippen LogP contribution < -0.4 is 5.32 Å². The highest BCUT2D eigenvalue weighted by atomic mass is 32.2. The Labute approximate surface area is 171 Å². The minimum absolute atomic E-state index is 0.107. The van der Waals surface area contributed by atoms with Gasteiger partial charge in [0, 0.05) is 28.7 Å². The van der Waals surface area contributed by atoms with Crippen LogP contribution in [-0.2, 0) is 6.18 Å². The Hall–Kier alpha value is -2.06. The summed E-state index contributed by atoms with van der Waals surface area (Å²) in [5.74, 6) is 0.421. The fraction of sp³-hybridized carbons (Fsp3) is 0.429. The molecule has 2 aromatic rings. The van der Waals surface area contributed by atoms with Gasteiger partial charge in [0.2, 0.25) is 0 Å². The van der Waals surface area contributed by atoms with Crippen molar-refractivity contribution < 1.29 is 18.0 Å². The smallest absolute Gasteiger partial charge is 0.347 e.